The van der Waals surface area contributed by atoms with E-state index in [-0.39, 0.29) is 6.04 Å². The number of morpholine rings is 1. The number of ether oxygens (including phenoxy) is 2. The molecule has 3 heteroatoms. The Bertz CT molecular complexity index is 317. The fourth-order valence-electron chi connectivity index (χ4n) is 1.93. The lowest BCUT2D eigenvalue weighted by Gasteiger charge is -2.32. The van der Waals surface area contributed by atoms with Crippen molar-refractivity contribution in [1.82, 2.24) is 4.90 Å². The first-order valence-corrected chi connectivity index (χ1v) is 5.60. The lowest BCUT2D eigenvalue weighted by Crippen LogP contribution is -2.38. The molecule has 1 heterocycles. The van der Waals surface area contributed by atoms with Gasteiger partial charge in [0.2, 0.25) is 0 Å². The molecule has 0 spiro atoms. The minimum absolute atomic E-state index is 0.204. The van der Waals surface area contributed by atoms with E-state index in [1.807, 2.05) is 12.1 Å². The van der Waals surface area contributed by atoms with Crippen LogP contribution in [-0.4, -0.2) is 38.3 Å². The number of hydrogen-bond acceptors (Lipinski definition) is 3. The summed E-state index contributed by atoms with van der Waals surface area (Å²) < 4.78 is 10.5. The zero-order chi connectivity index (χ0) is 11.4. The fourth-order valence-corrected chi connectivity index (χ4v) is 1.93. The summed E-state index contributed by atoms with van der Waals surface area (Å²) in [4.78, 5) is 2.34. The van der Waals surface area contributed by atoms with Gasteiger partial charge in [0.25, 0.3) is 0 Å². The molecule has 87 valence electrons. The highest BCUT2D eigenvalue weighted by Crippen LogP contribution is 2.22. The Labute approximate surface area is 97.0 Å². The summed E-state index contributed by atoms with van der Waals surface area (Å²) in [7, 11) is 1.68. The van der Waals surface area contributed by atoms with Crippen molar-refractivity contribution >= 4 is 0 Å². The summed E-state index contributed by atoms with van der Waals surface area (Å²) >= 11 is 0. The topological polar surface area (TPSA) is 21.7 Å². The van der Waals surface area contributed by atoms with Crippen LogP contribution in [0.2, 0.25) is 0 Å². The summed E-state index contributed by atoms with van der Waals surface area (Å²) in [6.07, 6.45) is 0. The Morgan fingerprint density at radius 2 is 1.88 bits per heavy atom. The SMILES string of the molecule is [CH2]C(c1ccc(OC)cc1)N1CCOCC1. The number of methoxy groups -OCH3 is 1. The van der Waals surface area contributed by atoms with Gasteiger partial charge < -0.3 is 9.47 Å². The second-order valence-electron chi connectivity index (χ2n) is 3.94. The van der Waals surface area contributed by atoms with Crippen LogP contribution < -0.4 is 4.74 Å². The lowest BCUT2D eigenvalue weighted by atomic mass is 10.1. The van der Waals surface area contributed by atoms with Crippen LogP contribution in [0.1, 0.15) is 11.6 Å². The van der Waals surface area contributed by atoms with E-state index in [0.717, 1.165) is 32.1 Å². The Balaban J connectivity index is 2.04. The zero-order valence-corrected chi connectivity index (χ0v) is 9.69. The van der Waals surface area contributed by atoms with Crippen LogP contribution in [0.5, 0.6) is 5.75 Å². The van der Waals surface area contributed by atoms with E-state index in [0.29, 0.717) is 0 Å². The highest BCUT2D eigenvalue weighted by molar-refractivity contribution is 5.29. The molecule has 3 nitrogen and oxygen atoms in total. The van der Waals surface area contributed by atoms with E-state index < -0.39 is 0 Å². The van der Waals surface area contributed by atoms with Gasteiger partial charge in [0.15, 0.2) is 0 Å². The minimum Gasteiger partial charge on any atom is -0.497 e. The molecular formula is C13H18NO2. The molecule has 0 saturated carbocycles. The van der Waals surface area contributed by atoms with Crippen LogP contribution in [0.15, 0.2) is 24.3 Å². The van der Waals surface area contributed by atoms with E-state index >= 15 is 0 Å². The predicted octanol–water partition coefficient (Wildman–Crippen LogP) is 1.90. The Kier molecular flexibility index (Phi) is 3.80. The van der Waals surface area contributed by atoms with Crippen molar-refractivity contribution in [3.8, 4) is 5.75 Å². The maximum Gasteiger partial charge on any atom is 0.118 e. The monoisotopic (exact) mass is 220 g/mol. The van der Waals surface area contributed by atoms with E-state index in [1.165, 1.54) is 5.56 Å². The molecule has 2 rings (SSSR count). The van der Waals surface area contributed by atoms with Gasteiger partial charge in [-0.2, -0.15) is 0 Å². The molecule has 1 aliphatic heterocycles. The van der Waals surface area contributed by atoms with Gasteiger partial charge in [-0.3, -0.25) is 4.90 Å². The van der Waals surface area contributed by atoms with Crippen molar-refractivity contribution in [3.05, 3.63) is 36.8 Å². The van der Waals surface area contributed by atoms with Gasteiger partial charge in [0.1, 0.15) is 5.75 Å². The third kappa shape index (κ3) is 2.54. The molecule has 1 saturated heterocycles. The van der Waals surface area contributed by atoms with E-state index in [2.05, 4.69) is 24.0 Å². The van der Waals surface area contributed by atoms with Crippen LogP contribution in [0.25, 0.3) is 0 Å². The predicted molar refractivity (Wildman–Crippen MR) is 63.5 cm³/mol. The zero-order valence-electron chi connectivity index (χ0n) is 9.69. The van der Waals surface area contributed by atoms with Crippen molar-refractivity contribution < 1.29 is 9.47 Å². The number of rotatable bonds is 3. The molecule has 0 N–H and O–H groups in total. The highest BCUT2D eigenvalue weighted by Gasteiger charge is 2.18. The normalized spacial score (nSPS) is 19.4. The standard InChI is InChI=1S/C13H18NO2/c1-11(14-7-9-16-10-8-14)12-3-5-13(15-2)6-4-12/h3-6,11H,1,7-10H2,2H3. The first kappa shape index (κ1) is 11.4. The van der Waals surface area contributed by atoms with Crippen LogP contribution in [0.3, 0.4) is 0 Å². The molecule has 1 fully saturated rings. The third-order valence-corrected chi connectivity index (χ3v) is 2.99. The molecule has 0 bridgehead atoms. The van der Waals surface area contributed by atoms with Crippen molar-refractivity contribution in [3.63, 3.8) is 0 Å². The third-order valence-electron chi connectivity index (χ3n) is 2.99. The molecule has 1 radical (unpaired) electrons. The minimum atomic E-state index is 0.204. The van der Waals surface area contributed by atoms with Crippen molar-refractivity contribution in [2.24, 2.45) is 0 Å². The first-order chi connectivity index (χ1) is 7.81. The molecule has 0 aromatic heterocycles. The van der Waals surface area contributed by atoms with Crippen molar-refractivity contribution in [2.75, 3.05) is 33.4 Å². The average molecular weight is 220 g/mol. The smallest absolute Gasteiger partial charge is 0.118 e. The van der Waals surface area contributed by atoms with Gasteiger partial charge in [0.05, 0.1) is 20.3 Å². The van der Waals surface area contributed by atoms with Crippen LogP contribution in [0.4, 0.5) is 0 Å². The number of nitrogens with zero attached hydrogens (tertiary/aromatic N) is 1. The molecule has 1 aromatic rings. The summed E-state index contributed by atoms with van der Waals surface area (Å²) in [5, 5.41) is 0. The molecular weight excluding hydrogens is 202 g/mol. The van der Waals surface area contributed by atoms with Crippen molar-refractivity contribution in [2.45, 2.75) is 6.04 Å². The van der Waals surface area contributed by atoms with Crippen LogP contribution in [-0.2, 0) is 4.74 Å². The van der Waals surface area contributed by atoms with Gasteiger partial charge in [-0.05, 0) is 24.6 Å². The summed E-state index contributed by atoms with van der Waals surface area (Å²) in [6, 6.07) is 8.31. The van der Waals surface area contributed by atoms with E-state index in [4.69, 9.17) is 9.47 Å². The number of hydrogen-bond donors (Lipinski definition) is 0. The van der Waals surface area contributed by atoms with E-state index in [1.54, 1.807) is 7.11 Å². The Hall–Kier alpha value is -1.06. The van der Waals surface area contributed by atoms with Gasteiger partial charge >= 0.3 is 0 Å². The second-order valence-corrected chi connectivity index (χ2v) is 3.94. The van der Waals surface area contributed by atoms with Gasteiger partial charge in [0, 0.05) is 19.1 Å². The Morgan fingerprint density at radius 3 is 2.44 bits per heavy atom. The summed E-state index contributed by atoms with van der Waals surface area (Å²) in [6.45, 7) is 7.75. The molecule has 1 atom stereocenters. The van der Waals surface area contributed by atoms with Gasteiger partial charge in [-0.25, -0.2) is 0 Å². The first-order valence-electron chi connectivity index (χ1n) is 5.60. The quantitative estimate of drug-likeness (QED) is 0.776. The lowest BCUT2D eigenvalue weighted by molar-refractivity contribution is 0.0248. The van der Waals surface area contributed by atoms with Gasteiger partial charge in [-0.15, -0.1) is 0 Å². The van der Waals surface area contributed by atoms with Crippen LogP contribution in [0, 0.1) is 6.92 Å². The second kappa shape index (κ2) is 5.32. The molecule has 0 aliphatic carbocycles. The Morgan fingerprint density at radius 1 is 1.25 bits per heavy atom. The van der Waals surface area contributed by atoms with Crippen LogP contribution >= 0.6 is 0 Å². The molecule has 16 heavy (non-hydrogen) atoms. The number of benzene rings is 1. The molecule has 1 aliphatic rings. The molecule has 1 unspecified atom stereocenters. The average Bonchev–Trinajstić information content (AvgIpc) is 2.39. The fraction of sp³-hybridized carbons (Fsp3) is 0.462. The van der Waals surface area contributed by atoms with E-state index in [9.17, 15) is 0 Å². The summed E-state index contributed by atoms with van der Waals surface area (Å²) in [5.41, 5.74) is 1.22. The largest absolute Gasteiger partial charge is 0.497 e. The molecule has 1 aromatic carbocycles. The maximum absolute atomic E-state index is 5.33. The maximum atomic E-state index is 5.33. The van der Waals surface area contributed by atoms with Gasteiger partial charge in [-0.1, -0.05) is 12.1 Å². The van der Waals surface area contributed by atoms with Crippen molar-refractivity contribution in [1.29, 1.82) is 0 Å². The molecule has 0 amide bonds. The highest BCUT2D eigenvalue weighted by atomic mass is 16.5. The summed E-state index contributed by atoms with van der Waals surface area (Å²) in [5.74, 6) is 0.887.